The molecule has 0 saturated carbocycles. The van der Waals surface area contributed by atoms with Crippen molar-refractivity contribution in [3.8, 4) is 0 Å². The summed E-state index contributed by atoms with van der Waals surface area (Å²) in [5.41, 5.74) is 3.21. The van der Waals surface area contributed by atoms with Gasteiger partial charge in [0.25, 0.3) is 0 Å². The summed E-state index contributed by atoms with van der Waals surface area (Å²) in [7, 11) is 0. The van der Waals surface area contributed by atoms with Gasteiger partial charge in [-0.25, -0.2) is 0 Å². The molecule has 2 atom stereocenters. The van der Waals surface area contributed by atoms with Crippen LogP contribution >= 0.6 is 0 Å². The van der Waals surface area contributed by atoms with E-state index >= 15 is 0 Å². The van der Waals surface area contributed by atoms with E-state index in [-0.39, 0.29) is 12.0 Å². The van der Waals surface area contributed by atoms with Crippen molar-refractivity contribution >= 4 is 5.91 Å². The van der Waals surface area contributed by atoms with Crippen LogP contribution in [-0.2, 0) is 14.3 Å². The second-order valence-corrected chi connectivity index (χ2v) is 4.80. The maximum absolute atomic E-state index is 11.5. The highest BCUT2D eigenvalue weighted by atomic mass is 16.6. The standard InChI is InChI=1S/C15H19NO3/c1-4-14(17)16-15(19-9-13-8-18-13)12-6-10(2)5-11(3)7-12/h4-7,13,15H,1,8-9H2,2-3H3,(H,16,17). The minimum Gasteiger partial charge on any atom is -0.371 e. The van der Waals surface area contributed by atoms with E-state index < -0.39 is 6.23 Å². The third-order valence-corrected chi connectivity index (χ3v) is 2.86. The first-order valence-electron chi connectivity index (χ1n) is 6.33. The van der Waals surface area contributed by atoms with Gasteiger partial charge in [0.2, 0.25) is 5.91 Å². The number of hydrogen-bond donors (Lipinski definition) is 1. The molecular formula is C15H19NO3. The summed E-state index contributed by atoms with van der Waals surface area (Å²) in [6.45, 7) is 8.71. The maximum Gasteiger partial charge on any atom is 0.245 e. The number of benzene rings is 1. The van der Waals surface area contributed by atoms with Crippen LogP contribution in [0, 0.1) is 13.8 Å². The Hall–Kier alpha value is -1.65. The van der Waals surface area contributed by atoms with Gasteiger partial charge in [0.15, 0.2) is 6.23 Å². The topological polar surface area (TPSA) is 50.9 Å². The molecule has 0 radical (unpaired) electrons. The lowest BCUT2D eigenvalue weighted by molar-refractivity contribution is -0.121. The summed E-state index contributed by atoms with van der Waals surface area (Å²) in [5.74, 6) is -0.249. The number of nitrogens with one attached hydrogen (secondary N) is 1. The fraction of sp³-hybridized carbons (Fsp3) is 0.400. The van der Waals surface area contributed by atoms with Crippen molar-refractivity contribution in [2.24, 2.45) is 0 Å². The van der Waals surface area contributed by atoms with E-state index in [4.69, 9.17) is 9.47 Å². The highest BCUT2D eigenvalue weighted by molar-refractivity contribution is 5.87. The highest BCUT2D eigenvalue weighted by Crippen LogP contribution is 2.20. The van der Waals surface area contributed by atoms with Crippen LogP contribution in [0.5, 0.6) is 0 Å². The molecule has 2 rings (SSSR count). The number of carbonyl (C=O) groups is 1. The van der Waals surface area contributed by atoms with Crippen molar-refractivity contribution in [2.45, 2.75) is 26.2 Å². The van der Waals surface area contributed by atoms with Crippen LogP contribution in [0.25, 0.3) is 0 Å². The zero-order chi connectivity index (χ0) is 13.8. The quantitative estimate of drug-likeness (QED) is 0.484. The number of carbonyl (C=O) groups excluding carboxylic acids is 1. The predicted octanol–water partition coefficient (Wildman–Crippen LogP) is 2.02. The SMILES string of the molecule is C=CC(=O)NC(OCC1CO1)c1cc(C)cc(C)c1. The largest absolute Gasteiger partial charge is 0.371 e. The van der Waals surface area contributed by atoms with Gasteiger partial charge in [-0.15, -0.1) is 0 Å². The van der Waals surface area contributed by atoms with Gasteiger partial charge in [0, 0.05) is 5.56 Å². The number of aryl methyl sites for hydroxylation is 2. The van der Waals surface area contributed by atoms with Gasteiger partial charge in [-0.3, -0.25) is 4.79 Å². The number of rotatable bonds is 6. The van der Waals surface area contributed by atoms with E-state index in [0.717, 1.165) is 23.3 Å². The van der Waals surface area contributed by atoms with Crippen LogP contribution in [0.2, 0.25) is 0 Å². The molecule has 1 fully saturated rings. The molecule has 102 valence electrons. The molecular weight excluding hydrogens is 242 g/mol. The zero-order valence-electron chi connectivity index (χ0n) is 11.3. The van der Waals surface area contributed by atoms with Crippen LogP contribution in [0.4, 0.5) is 0 Å². The average Bonchev–Trinajstić information content (AvgIpc) is 3.16. The lowest BCUT2D eigenvalue weighted by Crippen LogP contribution is -2.30. The molecule has 2 unspecified atom stereocenters. The van der Waals surface area contributed by atoms with Crippen LogP contribution in [0.3, 0.4) is 0 Å². The average molecular weight is 261 g/mol. The van der Waals surface area contributed by atoms with Crippen LogP contribution in [0.1, 0.15) is 22.9 Å². The number of hydrogen-bond acceptors (Lipinski definition) is 3. The summed E-state index contributed by atoms with van der Waals surface area (Å²) in [4.78, 5) is 11.5. The second-order valence-electron chi connectivity index (χ2n) is 4.80. The lowest BCUT2D eigenvalue weighted by atomic mass is 10.1. The molecule has 1 amide bonds. The Bertz CT molecular complexity index is 460. The molecule has 0 aromatic heterocycles. The third-order valence-electron chi connectivity index (χ3n) is 2.86. The smallest absolute Gasteiger partial charge is 0.245 e. The summed E-state index contributed by atoms with van der Waals surface area (Å²) in [6.07, 6.45) is 0.939. The Morgan fingerprint density at radius 1 is 1.53 bits per heavy atom. The van der Waals surface area contributed by atoms with E-state index in [1.54, 1.807) is 0 Å². The van der Waals surface area contributed by atoms with Crippen molar-refractivity contribution in [1.82, 2.24) is 5.32 Å². The number of epoxide rings is 1. The first kappa shape index (κ1) is 13.8. The molecule has 1 aromatic rings. The number of ether oxygens (including phenoxy) is 2. The van der Waals surface area contributed by atoms with Crippen molar-refractivity contribution in [2.75, 3.05) is 13.2 Å². The molecule has 4 heteroatoms. The Morgan fingerprint density at radius 2 is 2.16 bits per heavy atom. The molecule has 1 aliphatic rings. The first-order valence-corrected chi connectivity index (χ1v) is 6.33. The monoisotopic (exact) mass is 261 g/mol. The van der Waals surface area contributed by atoms with E-state index in [0.29, 0.717) is 6.61 Å². The van der Waals surface area contributed by atoms with Gasteiger partial charge in [-0.2, -0.15) is 0 Å². The van der Waals surface area contributed by atoms with E-state index in [2.05, 4.69) is 18.0 Å². The van der Waals surface area contributed by atoms with Gasteiger partial charge in [0.05, 0.1) is 13.2 Å². The molecule has 0 aliphatic carbocycles. The molecule has 1 saturated heterocycles. The summed E-state index contributed by atoms with van der Waals surface area (Å²) in [6, 6.07) is 6.10. The van der Waals surface area contributed by atoms with Crippen molar-refractivity contribution in [3.63, 3.8) is 0 Å². The second kappa shape index (κ2) is 5.99. The molecule has 1 aromatic carbocycles. The third kappa shape index (κ3) is 4.19. The van der Waals surface area contributed by atoms with Crippen molar-refractivity contribution in [1.29, 1.82) is 0 Å². The Balaban J connectivity index is 2.12. The van der Waals surface area contributed by atoms with E-state index in [9.17, 15) is 4.79 Å². The van der Waals surface area contributed by atoms with E-state index in [1.807, 2.05) is 26.0 Å². The van der Waals surface area contributed by atoms with Crippen molar-refractivity contribution in [3.05, 3.63) is 47.5 Å². The molecule has 1 heterocycles. The van der Waals surface area contributed by atoms with Crippen LogP contribution in [-0.4, -0.2) is 25.2 Å². The minimum absolute atomic E-state index is 0.161. The highest BCUT2D eigenvalue weighted by Gasteiger charge is 2.25. The lowest BCUT2D eigenvalue weighted by Gasteiger charge is -2.19. The van der Waals surface area contributed by atoms with Gasteiger partial charge in [-0.05, 0) is 19.9 Å². The Labute approximate surface area is 113 Å². The Kier molecular flexibility index (Phi) is 4.35. The summed E-state index contributed by atoms with van der Waals surface area (Å²) < 4.78 is 10.8. The molecule has 4 nitrogen and oxygen atoms in total. The number of amides is 1. The van der Waals surface area contributed by atoms with E-state index in [1.165, 1.54) is 6.08 Å². The molecule has 0 spiro atoms. The molecule has 0 bridgehead atoms. The van der Waals surface area contributed by atoms with Gasteiger partial charge in [0.1, 0.15) is 6.10 Å². The molecule has 1 aliphatic heterocycles. The predicted molar refractivity (Wildman–Crippen MR) is 72.7 cm³/mol. The zero-order valence-corrected chi connectivity index (χ0v) is 11.3. The maximum atomic E-state index is 11.5. The van der Waals surface area contributed by atoms with Crippen LogP contribution in [0.15, 0.2) is 30.9 Å². The normalized spacial score (nSPS) is 18.7. The van der Waals surface area contributed by atoms with Gasteiger partial charge < -0.3 is 14.8 Å². The minimum atomic E-state index is -0.465. The fourth-order valence-electron chi connectivity index (χ4n) is 1.94. The van der Waals surface area contributed by atoms with Crippen molar-refractivity contribution < 1.29 is 14.3 Å². The fourth-order valence-corrected chi connectivity index (χ4v) is 1.94. The Morgan fingerprint density at radius 3 is 2.68 bits per heavy atom. The molecule has 1 N–H and O–H groups in total. The van der Waals surface area contributed by atoms with Gasteiger partial charge in [-0.1, -0.05) is 35.9 Å². The summed E-state index contributed by atoms with van der Waals surface area (Å²) in [5, 5.41) is 2.79. The molecule has 19 heavy (non-hydrogen) atoms. The van der Waals surface area contributed by atoms with Gasteiger partial charge >= 0.3 is 0 Å². The summed E-state index contributed by atoms with van der Waals surface area (Å²) >= 11 is 0. The first-order chi connectivity index (χ1) is 9.08. The van der Waals surface area contributed by atoms with Crippen LogP contribution < -0.4 is 5.32 Å².